The number of fused-ring (bicyclic) bond motifs is 1. The summed E-state index contributed by atoms with van der Waals surface area (Å²) in [5, 5.41) is 43.8. The maximum atomic E-state index is 13.6. The summed E-state index contributed by atoms with van der Waals surface area (Å²) in [6, 6.07) is 5.59. The highest BCUT2D eigenvalue weighted by atomic mass is 16.5. The Bertz CT molecular complexity index is 1290. The first-order valence-corrected chi connectivity index (χ1v) is 13.0. The Labute approximate surface area is 224 Å². The van der Waals surface area contributed by atoms with Crippen LogP contribution in [-0.4, -0.2) is 39.4 Å². The highest BCUT2D eigenvalue weighted by Crippen LogP contribution is 2.49. The van der Waals surface area contributed by atoms with Crippen molar-refractivity contribution in [2.24, 2.45) is 5.92 Å². The van der Waals surface area contributed by atoms with Crippen LogP contribution in [-0.2, 0) is 6.42 Å². The average Bonchev–Trinajstić information content (AvgIpc) is 2.86. The van der Waals surface area contributed by atoms with Gasteiger partial charge in [0.05, 0.1) is 18.8 Å². The van der Waals surface area contributed by atoms with E-state index in [0.29, 0.717) is 11.5 Å². The molecule has 2 atom stereocenters. The molecule has 0 saturated carbocycles. The van der Waals surface area contributed by atoms with E-state index in [-0.39, 0.29) is 64.9 Å². The van der Waals surface area contributed by atoms with E-state index in [4.69, 9.17) is 9.47 Å². The number of Topliss-reactive ketones (excluding diaryl/α,β-unsaturated/α-hetero) is 1. The first kappa shape index (κ1) is 28.9. The minimum Gasteiger partial charge on any atom is -0.508 e. The lowest BCUT2D eigenvalue weighted by Crippen LogP contribution is -2.23. The third-order valence-electron chi connectivity index (χ3n) is 6.91. The van der Waals surface area contributed by atoms with Crippen LogP contribution in [0.5, 0.6) is 23.0 Å². The van der Waals surface area contributed by atoms with Crippen molar-refractivity contribution in [3.05, 3.63) is 76.1 Å². The van der Waals surface area contributed by atoms with E-state index in [9.17, 15) is 25.2 Å². The van der Waals surface area contributed by atoms with Crippen LogP contribution in [0.2, 0.25) is 0 Å². The largest absolute Gasteiger partial charge is 0.508 e. The number of allylic oxidation sites excluding steroid dienone is 4. The van der Waals surface area contributed by atoms with E-state index in [1.807, 2.05) is 13.8 Å². The first-order chi connectivity index (χ1) is 18.0. The number of phenolic OH excluding ortho intramolecular Hbond substituents is 2. The summed E-state index contributed by atoms with van der Waals surface area (Å²) in [6.45, 7) is 14.1. The average molecular weight is 523 g/mol. The topological polar surface area (TPSA) is 116 Å². The number of aliphatic hydroxyl groups is 2. The minimum atomic E-state index is -1.47. The molecule has 204 valence electrons. The molecule has 0 heterocycles. The zero-order valence-corrected chi connectivity index (χ0v) is 22.8. The maximum Gasteiger partial charge on any atom is 0.231 e. The van der Waals surface area contributed by atoms with Gasteiger partial charge in [-0.15, -0.1) is 0 Å². The number of phenols is 2. The molecule has 0 radical (unpaired) electrons. The summed E-state index contributed by atoms with van der Waals surface area (Å²) in [6.07, 6.45) is 2.64. The molecule has 7 heteroatoms. The highest BCUT2D eigenvalue weighted by molar-refractivity contribution is 6.17. The van der Waals surface area contributed by atoms with Gasteiger partial charge in [0.1, 0.15) is 29.1 Å². The molecule has 1 aliphatic rings. The van der Waals surface area contributed by atoms with Gasteiger partial charge in [0.2, 0.25) is 5.78 Å². The third-order valence-corrected chi connectivity index (χ3v) is 6.91. The highest BCUT2D eigenvalue weighted by Gasteiger charge is 2.39. The van der Waals surface area contributed by atoms with Crippen LogP contribution in [0.15, 0.2) is 53.8 Å². The van der Waals surface area contributed by atoms with Crippen LogP contribution in [0, 0.1) is 5.92 Å². The number of ketones is 1. The number of benzene rings is 2. The van der Waals surface area contributed by atoms with Gasteiger partial charge in [-0.05, 0) is 65.0 Å². The molecule has 0 aromatic heterocycles. The number of rotatable bonds is 11. The molecule has 0 amide bonds. The lowest BCUT2D eigenvalue weighted by Gasteiger charge is -2.29. The van der Waals surface area contributed by atoms with Gasteiger partial charge in [-0.2, -0.15) is 0 Å². The summed E-state index contributed by atoms with van der Waals surface area (Å²) < 4.78 is 11.3. The Kier molecular flexibility index (Phi) is 9.28. The van der Waals surface area contributed by atoms with Crippen molar-refractivity contribution in [3.8, 4) is 23.0 Å². The van der Waals surface area contributed by atoms with Gasteiger partial charge in [0.15, 0.2) is 5.76 Å². The summed E-state index contributed by atoms with van der Waals surface area (Å²) in [5.74, 6) is -0.925. The Hall–Kier alpha value is -3.71. The molecule has 2 aromatic rings. The van der Waals surface area contributed by atoms with Crippen molar-refractivity contribution in [2.75, 3.05) is 13.2 Å². The van der Waals surface area contributed by atoms with E-state index >= 15 is 0 Å². The van der Waals surface area contributed by atoms with Crippen molar-refractivity contribution < 1.29 is 34.7 Å². The molecule has 0 aliphatic heterocycles. The monoisotopic (exact) mass is 522 g/mol. The molecular weight excluding hydrogens is 484 g/mol. The van der Waals surface area contributed by atoms with Gasteiger partial charge in [-0.3, -0.25) is 4.79 Å². The van der Waals surface area contributed by atoms with E-state index in [2.05, 4.69) is 19.6 Å². The van der Waals surface area contributed by atoms with Crippen LogP contribution in [0.1, 0.15) is 80.6 Å². The zero-order chi connectivity index (χ0) is 28.1. The Morgan fingerprint density at radius 2 is 1.71 bits per heavy atom. The fourth-order valence-corrected chi connectivity index (χ4v) is 4.90. The van der Waals surface area contributed by atoms with Gasteiger partial charge >= 0.3 is 0 Å². The predicted octanol–water partition coefficient (Wildman–Crippen LogP) is 6.58. The maximum absolute atomic E-state index is 13.6. The molecule has 2 aromatic carbocycles. The molecular formula is C31H38O7. The van der Waals surface area contributed by atoms with Crippen LogP contribution >= 0.6 is 0 Å². The normalized spacial score (nSPS) is 16.3. The van der Waals surface area contributed by atoms with Crippen molar-refractivity contribution in [3.63, 3.8) is 0 Å². The lowest BCUT2D eigenvalue weighted by atomic mass is 9.79. The summed E-state index contributed by atoms with van der Waals surface area (Å²) in [5.41, 5.74) is 2.83. The fraction of sp³-hybridized carbons (Fsp3) is 0.387. The van der Waals surface area contributed by atoms with E-state index < -0.39 is 17.6 Å². The lowest BCUT2D eigenvalue weighted by molar-refractivity contribution is 0.0955. The number of carbonyl (C=O) groups is 1. The molecule has 4 N–H and O–H groups in total. The van der Waals surface area contributed by atoms with Crippen molar-refractivity contribution in [1.82, 2.24) is 0 Å². The summed E-state index contributed by atoms with van der Waals surface area (Å²) in [7, 11) is 0. The standard InChI is InChI=1S/C31H38O7/c1-7-19(17(4)5)11-10-18(6)14-22-23(33)16-25(38-9-3)28-26(22)29(34)27(30(35)31(28)36)21-13-12-20(32)15-24(21)37-8-2/h10,12-13,15-16,19,29,32-35H,4,7-9,11,14H2,1-3,5-6H3/b18-10+/t19-,29+/m0/s1. The van der Waals surface area contributed by atoms with Gasteiger partial charge in [-0.1, -0.05) is 30.7 Å². The molecule has 7 nitrogen and oxygen atoms in total. The van der Waals surface area contributed by atoms with E-state index in [1.54, 1.807) is 13.8 Å². The van der Waals surface area contributed by atoms with Crippen molar-refractivity contribution >= 4 is 11.4 Å². The Morgan fingerprint density at radius 3 is 2.32 bits per heavy atom. The van der Waals surface area contributed by atoms with E-state index in [0.717, 1.165) is 24.0 Å². The summed E-state index contributed by atoms with van der Waals surface area (Å²) >= 11 is 0. The Balaban J connectivity index is 2.19. The second kappa shape index (κ2) is 12.2. The first-order valence-electron chi connectivity index (χ1n) is 13.0. The molecule has 0 bridgehead atoms. The fourth-order valence-electron chi connectivity index (χ4n) is 4.90. The molecule has 0 fully saturated rings. The molecule has 38 heavy (non-hydrogen) atoms. The second-order valence-corrected chi connectivity index (χ2v) is 9.62. The number of ether oxygens (including phenoxy) is 2. The van der Waals surface area contributed by atoms with Gasteiger partial charge in [0.25, 0.3) is 0 Å². The zero-order valence-electron chi connectivity index (χ0n) is 22.8. The second-order valence-electron chi connectivity index (χ2n) is 9.62. The SMILES string of the molecule is C=C(C)[C@@H](CC)C/C=C(\C)Cc1c(O)cc(OCC)c2c1[C@@H](O)C(c1ccc(O)cc1OCC)=C(O)C2=O. The van der Waals surface area contributed by atoms with Gasteiger partial charge in [0, 0.05) is 34.4 Å². The molecule has 1 aliphatic carbocycles. The number of hydrogen-bond acceptors (Lipinski definition) is 7. The molecule has 3 rings (SSSR count). The van der Waals surface area contributed by atoms with Gasteiger partial charge in [-0.25, -0.2) is 0 Å². The molecule has 0 unspecified atom stereocenters. The number of carbonyl (C=O) groups excluding carboxylic acids is 1. The molecule has 0 spiro atoms. The summed E-state index contributed by atoms with van der Waals surface area (Å²) in [4.78, 5) is 13.6. The molecule has 0 saturated heterocycles. The van der Waals surface area contributed by atoms with Crippen molar-refractivity contribution in [2.45, 2.75) is 60.0 Å². The third kappa shape index (κ3) is 5.73. The predicted molar refractivity (Wildman–Crippen MR) is 148 cm³/mol. The smallest absolute Gasteiger partial charge is 0.231 e. The van der Waals surface area contributed by atoms with Crippen molar-refractivity contribution in [1.29, 1.82) is 0 Å². The van der Waals surface area contributed by atoms with Crippen LogP contribution < -0.4 is 9.47 Å². The van der Waals surface area contributed by atoms with Crippen LogP contribution in [0.3, 0.4) is 0 Å². The Morgan fingerprint density at radius 1 is 1.05 bits per heavy atom. The van der Waals surface area contributed by atoms with Crippen LogP contribution in [0.4, 0.5) is 0 Å². The van der Waals surface area contributed by atoms with E-state index in [1.165, 1.54) is 24.3 Å². The van der Waals surface area contributed by atoms with Gasteiger partial charge < -0.3 is 29.9 Å². The quantitative estimate of drug-likeness (QED) is 0.246. The minimum absolute atomic E-state index is 0.0197. The number of hydrogen-bond donors (Lipinski definition) is 4. The number of aliphatic hydroxyl groups excluding tert-OH is 2. The number of aromatic hydroxyl groups is 2. The van der Waals surface area contributed by atoms with Crippen LogP contribution in [0.25, 0.3) is 5.57 Å².